The number of hydrogen-bond donors (Lipinski definition) is 3. The normalized spacial score (nSPS) is 21.6. The summed E-state index contributed by atoms with van der Waals surface area (Å²) in [4.78, 5) is 5.10. The number of rotatable bonds is 6. The number of fused-ring (bicyclic) bond motifs is 2. The highest BCUT2D eigenvalue weighted by atomic mass is 32.2. The molecule has 2 heterocycles. The zero-order valence-electron chi connectivity index (χ0n) is 17.5. The molecule has 162 valence electrons. The fourth-order valence-electron chi connectivity index (χ4n) is 5.19. The average molecular weight is 431 g/mol. The number of aromatic nitrogens is 3. The second kappa shape index (κ2) is 7.94. The van der Waals surface area contributed by atoms with E-state index >= 15 is 0 Å². The molecule has 30 heavy (non-hydrogen) atoms. The number of sulfonamides is 1. The monoisotopic (exact) mass is 430 g/mol. The van der Waals surface area contributed by atoms with Gasteiger partial charge in [-0.25, -0.2) is 13.1 Å². The van der Waals surface area contributed by atoms with Gasteiger partial charge in [0.05, 0.1) is 0 Å². The molecule has 8 nitrogen and oxygen atoms in total. The fourth-order valence-corrected chi connectivity index (χ4v) is 6.11. The van der Waals surface area contributed by atoms with Crippen LogP contribution in [0.4, 0.5) is 11.6 Å². The molecule has 3 N–H and O–H groups in total. The lowest BCUT2D eigenvalue weighted by Crippen LogP contribution is -2.44. The Morgan fingerprint density at radius 1 is 1.07 bits per heavy atom. The number of benzene rings is 1. The molecule has 5 rings (SSSR count). The molecule has 0 saturated carbocycles. The Labute approximate surface area is 177 Å². The molecule has 2 aliphatic carbocycles. The molecule has 3 aliphatic rings. The number of nitrogens with zero attached hydrogens (tertiary/aromatic N) is 3. The molecule has 1 saturated heterocycles. The van der Waals surface area contributed by atoms with Crippen LogP contribution in [-0.2, 0) is 35.7 Å². The highest BCUT2D eigenvalue weighted by molar-refractivity contribution is 7.89. The van der Waals surface area contributed by atoms with Crippen molar-refractivity contribution in [2.45, 2.75) is 69.0 Å². The maximum Gasteiger partial charge on any atom is 0.276 e. The van der Waals surface area contributed by atoms with E-state index in [2.05, 4.69) is 36.2 Å². The molecule has 1 aromatic carbocycles. The standard InChI is InChI=1S/C21H30N6O2S/c1-27-11-3-2-8-16(27)13-22-30(28,29)21-24-20(25-26-21)23-19-17-9-4-6-14(17)12-15-7-5-10-18(15)19/h12,16,22H,2-11,13H2,1H3,(H2,23,24,25,26). The molecule has 2 aromatic rings. The van der Waals surface area contributed by atoms with Crippen molar-refractivity contribution in [3.63, 3.8) is 0 Å². The molecule has 1 fully saturated rings. The second-order valence-corrected chi connectivity index (χ2v) is 10.5. The smallest absolute Gasteiger partial charge is 0.276 e. The fraction of sp³-hybridized carbons (Fsp3) is 0.619. The summed E-state index contributed by atoms with van der Waals surface area (Å²) in [6.07, 6.45) is 10.0. The summed E-state index contributed by atoms with van der Waals surface area (Å²) >= 11 is 0. The molecule has 1 aromatic heterocycles. The van der Waals surface area contributed by atoms with Gasteiger partial charge in [-0.2, -0.15) is 0 Å². The third-order valence-corrected chi connectivity index (χ3v) is 8.11. The zero-order valence-corrected chi connectivity index (χ0v) is 18.3. The molecule has 9 heteroatoms. The summed E-state index contributed by atoms with van der Waals surface area (Å²) < 4.78 is 28.2. The van der Waals surface area contributed by atoms with Crippen molar-refractivity contribution in [2.75, 3.05) is 25.5 Å². The van der Waals surface area contributed by atoms with Crippen molar-refractivity contribution in [3.05, 3.63) is 28.3 Å². The van der Waals surface area contributed by atoms with Crippen LogP contribution in [0.2, 0.25) is 0 Å². The number of likely N-dealkylation sites (N-methyl/N-ethyl adjacent to an activating group) is 1. The second-order valence-electron chi connectivity index (χ2n) is 8.82. The number of H-pyrrole nitrogens is 1. The minimum atomic E-state index is -3.72. The van der Waals surface area contributed by atoms with Gasteiger partial charge < -0.3 is 10.2 Å². The summed E-state index contributed by atoms with van der Waals surface area (Å²) in [5, 5.41) is 11.3. The average Bonchev–Trinajstić information content (AvgIpc) is 3.47. The number of aromatic amines is 1. The molecule has 0 bridgehead atoms. The van der Waals surface area contributed by atoms with Gasteiger partial charge >= 0.3 is 0 Å². The predicted molar refractivity (Wildman–Crippen MR) is 116 cm³/mol. The van der Waals surface area contributed by atoms with Gasteiger partial charge in [-0.05, 0) is 87.2 Å². The van der Waals surface area contributed by atoms with Crippen molar-refractivity contribution >= 4 is 21.7 Å². The van der Waals surface area contributed by atoms with Gasteiger partial charge in [-0.3, -0.25) is 4.98 Å². The van der Waals surface area contributed by atoms with Gasteiger partial charge in [-0.1, -0.05) is 12.5 Å². The third-order valence-electron chi connectivity index (χ3n) is 6.87. The van der Waals surface area contributed by atoms with Crippen LogP contribution >= 0.6 is 0 Å². The molecule has 0 spiro atoms. The van der Waals surface area contributed by atoms with E-state index in [9.17, 15) is 8.42 Å². The van der Waals surface area contributed by atoms with Crippen LogP contribution in [0.5, 0.6) is 0 Å². The minimum absolute atomic E-state index is 0.132. The Hall–Kier alpha value is -1.97. The van der Waals surface area contributed by atoms with Crippen molar-refractivity contribution < 1.29 is 8.42 Å². The van der Waals surface area contributed by atoms with Crippen LogP contribution in [0.25, 0.3) is 0 Å². The summed E-state index contributed by atoms with van der Waals surface area (Å²) in [5.74, 6) is 0.388. The number of piperidine rings is 1. The Bertz CT molecular complexity index is 1020. The maximum atomic E-state index is 12.7. The van der Waals surface area contributed by atoms with Gasteiger partial charge in [0.2, 0.25) is 5.95 Å². The van der Waals surface area contributed by atoms with E-state index in [1.807, 2.05) is 7.05 Å². The van der Waals surface area contributed by atoms with Gasteiger partial charge in [0.25, 0.3) is 15.2 Å². The van der Waals surface area contributed by atoms with Crippen LogP contribution in [0.15, 0.2) is 11.2 Å². The van der Waals surface area contributed by atoms with Crippen LogP contribution in [0, 0.1) is 0 Å². The number of nitrogens with one attached hydrogen (secondary N) is 3. The number of anilines is 2. The number of likely N-dealkylation sites (tertiary alicyclic amines) is 1. The lowest BCUT2D eigenvalue weighted by atomic mass is 9.99. The molecule has 0 amide bonds. The molecule has 0 radical (unpaired) electrons. The first-order chi connectivity index (χ1) is 14.5. The first-order valence-electron chi connectivity index (χ1n) is 11.1. The first kappa shape index (κ1) is 20.0. The lowest BCUT2D eigenvalue weighted by Gasteiger charge is -2.32. The van der Waals surface area contributed by atoms with Gasteiger partial charge in [0.1, 0.15) is 0 Å². The SMILES string of the molecule is CN1CCCCC1CNS(=O)(=O)c1nnc(Nc2c3c(cc4c2CCC4)CCC3)[nH]1. The van der Waals surface area contributed by atoms with Crippen molar-refractivity contribution in [3.8, 4) is 0 Å². The molecule has 1 atom stereocenters. The lowest BCUT2D eigenvalue weighted by molar-refractivity contribution is 0.187. The predicted octanol–water partition coefficient (Wildman–Crippen LogP) is 2.29. The van der Waals surface area contributed by atoms with E-state index in [0.717, 1.165) is 50.8 Å². The highest BCUT2D eigenvalue weighted by Gasteiger charge is 2.27. The van der Waals surface area contributed by atoms with Crippen molar-refractivity contribution in [1.29, 1.82) is 0 Å². The summed E-state index contributed by atoms with van der Waals surface area (Å²) in [6.45, 7) is 1.40. The first-order valence-corrected chi connectivity index (χ1v) is 12.6. The summed E-state index contributed by atoms with van der Waals surface area (Å²) in [5.41, 5.74) is 6.67. The topological polar surface area (TPSA) is 103 Å². The Morgan fingerprint density at radius 2 is 1.80 bits per heavy atom. The van der Waals surface area contributed by atoms with E-state index < -0.39 is 10.0 Å². The molecular formula is C21H30N6O2S. The van der Waals surface area contributed by atoms with E-state index in [-0.39, 0.29) is 11.2 Å². The van der Waals surface area contributed by atoms with Crippen molar-refractivity contribution in [1.82, 2.24) is 24.8 Å². The van der Waals surface area contributed by atoms with Gasteiger partial charge in [0, 0.05) is 18.3 Å². The van der Waals surface area contributed by atoms with Crippen LogP contribution < -0.4 is 10.0 Å². The summed E-state index contributed by atoms with van der Waals surface area (Å²) in [6, 6.07) is 2.60. The Morgan fingerprint density at radius 3 is 2.50 bits per heavy atom. The molecule has 1 unspecified atom stereocenters. The zero-order chi connectivity index (χ0) is 20.7. The van der Waals surface area contributed by atoms with E-state index in [0.29, 0.717) is 12.5 Å². The summed E-state index contributed by atoms with van der Waals surface area (Å²) in [7, 11) is -1.68. The maximum absolute atomic E-state index is 12.7. The highest BCUT2D eigenvalue weighted by Crippen LogP contribution is 2.39. The van der Waals surface area contributed by atoms with Gasteiger partial charge in [-0.15, -0.1) is 10.2 Å². The largest absolute Gasteiger partial charge is 0.324 e. The molecular weight excluding hydrogens is 400 g/mol. The molecule has 1 aliphatic heterocycles. The van der Waals surface area contributed by atoms with Crippen LogP contribution in [0.1, 0.15) is 54.4 Å². The van der Waals surface area contributed by atoms with Crippen LogP contribution in [0.3, 0.4) is 0 Å². The number of hydrogen-bond acceptors (Lipinski definition) is 6. The Balaban J connectivity index is 1.33. The van der Waals surface area contributed by atoms with E-state index in [4.69, 9.17) is 0 Å². The third kappa shape index (κ3) is 3.74. The number of aryl methyl sites for hydroxylation is 2. The van der Waals surface area contributed by atoms with Crippen LogP contribution in [-0.4, -0.2) is 54.7 Å². The minimum Gasteiger partial charge on any atom is -0.324 e. The van der Waals surface area contributed by atoms with E-state index in [1.54, 1.807) is 0 Å². The Kier molecular flexibility index (Phi) is 5.28. The van der Waals surface area contributed by atoms with Crippen molar-refractivity contribution in [2.24, 2.45) is 0 Å². The van der Waals surface area contributed by atoms with Gasteiger partial charge in [0.15, 0.2) is 0 Å². The quantitative estimate of drug-likeness (QED) is 0.650. The van der Waals surface area contributed by atoms with E-state index in [1.165, 1.54) is 41.5 Å².